The van der Waals surface area contributed by atoms with Crippen LogP contribution in [0.4, 0.5) is 5.00 Å². The molecule has 1 N–H and O–H groups in total. The molecule has 0 fully saturated rings. The summed E-state index contributed by atoms with van der Waals surface area (Å²) in [6.45, 7) is 3.47. The van der Waals surface area contributed by atoms with Crippen LogP contribution in [0.15, 0.2) is 41.5 Å². The van der Waals surface area contributed by atoms with E-state index in [1.54, 1.807) is 13.8 Å². The molecule has 3 heterocycles. The lowest BCUT2D eigenvalue weighted by atomic mass is 9.95. The van der Waals surface area contributed by atoms with Crippen molar-refractivity contribution in [1.82, 2.24) is 9.55 Å². The first-order valence-electron chi connectivity index (χ1n) is 12.7. The predicted octanol–water partition coefficient (Wildman–Crippen LogP) is 4.88. The van der Waals surface area contributed by atoms with E-state index in [0.29, 0.717) is 25.8 Å². The van der Waals surface area contributed by atoms with Gasteiger partial charge in [-0.3, -0.25) is 14.2 Å². The van der Waals surface area contributed by atoms with Gasteiger partial charge in [0.05, 0.1) is 23.9 Å². The van der Waals surface area contributed by atoms with Gasteiger partial charge in [0.1, 0.15) is 27.9 Å². The van der Waals surface area contributed by atoms with E-state index < -0.39 is 23.4 Å². The molecule has 11 heteroatoms. The van der Waals surface area contributed by atoms with E-state index >= 15 is 0 Å². The zero-order valence-electron chi connectivity index (χ0n) is 21.6. The lowest BCUT2D eigenvalue weighted by molar-refractivity contribution is -0.116. The van der Waals surface area contributed by atoms with E-state index in [1.807, 2.05) is 30.3 Å². The smallest absolute Gasteiger partial charge is 0.349 e. The Morgan fingerprint density at radius 3 is 2.59 bits per heavy atom. The molecular formula is C28H27N3O6S2. The predicted molar refractivity (Wildman–Crippen MR) is 150 cm³/mol. The molecule has 4 aromatic rings. The summed E-state index contributed by atoms with van der Waals surface area (Å²) < 4.78 is 11.9. The molecule has 3 aromatic heterocycles. The maximum atomic E-state index is 13.3. The molecule has 0 saturated heterocycles. The molecule has 1 amide bonds. The molecule has 0 bridgehead atoms. The van der Waals surface area contributed by atoms with Crippen molar-refractivity contribution in [2.24, 2.45) is 0 Å². The number of hydrogen-bond donors (Lipinski definition) is 1. The maximum absolute atomic E-state index is 13.3. The van der Waals surface area contributed by atoms with Gasteiger partial charge in [0.2, 0.25) is 5.91 Å². The average Bonchev–Trinajstić information content (AvgIpc) is 3.47. The van der Waals surface area contributed by atoms with Crippen LogP contribution < -0.4 is 10.9 Å². The van der Waals surface area contributed by atoms with Crippen LogP contribution >= 0.6 is 22.7 Å². The summed E-state index contributed by atoms with van der Waals surface area (Å²) in [5.74, 6) is -1.44. The zero-order chi connectivity index (χ0) is 27.5. The minimum atomic E-state index is -0.531. The van der Waals surface area contributed by atoms with Crippen molar-refractivity contribution >= 4 is 55.7 Å². The number of thiophene rings is 2. The average molecular weight is 566 g/mol. The molecule has 1 aromatic carbocycles. The monoisotopic (exact) mass is 565 g/mol. The van der Waals surface area contributed by atoms with Gasteiger partial charge in [0, 0.05) is 4.88 Å². The number of rotatable bonds is 8. The second-order valence-corrected chi connectivity index (χ2v) is 11.3. The molecular weight excluding hydrogens is 538 g/mol. The highest BCUT2D eigenvalue weighted by Crippen LogP contribution is 2.38. The van der Waals surface area contributed by atoms with E-state index in [-0.39, 0.29) is 25.1 Å². The van der Waals surface area contributed by atoms with Crippen molar-refractivity contribution in [3.05, 3.63) is 79.0 Å². The summed E-state index contributed by atoms with van der Waals surface area (Å²) in [6.07, 6.45) is 4.93. The lowest BCUT2D eigenvalue weighted by Gasteiger charge is -2.12. The van der Waals surface area contributed by atoms with E-state index in [4.69, 9.17) is 9.47 Å². The minimum Gasteiger partial charge on any atom is -0.462 e. The van der Waals surface area contributed by atoms with Gasteiger partial charge in [-0.25, -0.2) is 14.6 Å². The molecule has 0 spiro atoms. The zero-order valence-corrected chi connectivity index (χ0v) is 23.2. The fraction of sp³-hybridized carbons (Fsp3) is 0.321. The maximum Gasteiger partial charge on any atom is 0.349 e. The quantitative estimate of drug-likeness (QED) is 0.303. The number of anilines is 1. The number of carbonyl (C=O) groups excluding carboxylic acids is 3. The van der Waals surface area contributed by atoms with Crippen molar-refractivity contribution in [1.29, 1.82) is 0 Å². The summed E-state index contributed by atoms with van der Waals surface area (Å²) in [6, 6.07) is 9.32. The van der Waals surface area contributed by atoms with Gasteiger partial charge >= 0.3 is 11.9 Å². The van der Waals surface area contributed by atoms with Crippen molar-refractivity contribution < 1.29 is 23.9 Å². The second-order valence-electron chi connectivity index (χ2n) is 9.16. The number of carbonyl (C=O) groups is 3. The Kier molecular flexibility index (Phi) is 7.89. The Hall–Kier alpha value is -3.83. The first-order chi connectivity index (χ1) is 18.9. The SMILES string of the molecule is CCOC(=O)c1c(NC(=O)Cn2cnc3sc(C(=O)OCc4ccccc4)c(C)c3c2=O)sc2c1CCCC2. The highest BCUT2D eigenvalue weighted by Gasteiger charge is 2.27. The number of esters is 2. The number of amides is 1. The molecule has 9 nitrogen and oxygen atoms in total. The number of ether oxygens (including phenoxy) is 2. The molecule has 39 heavy (non-hydrogen) atoms. The van der Waals surface area contributed by atoms with Crippen molar-refractivity contribution in [3.63, 3.8) is 0 Å². The number of aryl methyl sites for hydroxylation is 2. The number of fused-ring (bicyclic) bond motifs is 2. The fourth-order valence-corrected chi connectivity index (χ4v) is 6.98. The van der Waals surface area contributed by atoms with Crippen LogP contribution in [-0.4, -0.2) is 34.0 Å². The number of nitrogens with one attached hydrogen (secondary N) is 1. The summed E-state index contributed by atoms with van der Waals surface area (Å²) in [5.41, 5.74) is 2.26. The van der Waals surface area contributed by atoms with E-state index in [9.17, 15) is 19.2 Å². The Morgan fingerprint density at radius 1 is 1.05 bits per heavy atom. The van der Waals surface area contributed by atoms with Crippen LogP contribution in [0, 0.1) is 6.92 Å². The summed E-state index contributed by atoms with van der Waals surface area (Å²) in [5, 5.41) is 3.55. The first-order valence-corrected chi connectivity index (χ1v) is 14.3. The van der Waals surface area contributed by atoms with Crippen LogP contribution in [0.5, 0.6) is 0 Å². The summed E-state index contributed by atoms with van der Waals surface area (Å²) in [4.78, 5) is 57.9. The third kappa shape index (κ3) is 5.50. The van der Waals surface area contributed by atoms with E-state index in [1.165, 1.54) is 22.2 Å². The van der Waals surface area contributed by atoms with Gasteiger partial charge in [-0.15, -0.1) is 22.7 Å². The highest BCUT2D eigenvalue weighted by molar-refractivity contribution is 7.20. The highest BCUT2D eigenvalue weighted by atomic mass is 32.1. The molecule has 0 unspecified atom stereocenters. The lowest BCUT2D eigenvalue weighted by Crippen LogP contribution is -2.28. The Morgan fingerprint density at radius 2 is 1.82 bits per heavy atom. The Bertz CT molecular complexity index is 1620. The van der Waals surface area contributed by atoms with Crippen LogP contribution in [0.2, 0.25) is 0 Å². The molecule has 0 aliphatic heterocycles. The van der Waals surface area contributed by atoms with E-state index in [0.717, 1.165) is 53.0 Å². The van der Waals surface area contributed by atoms with Gasteiger partial charge in [-0.2, -0.15) is 0 Å². The Balaban J connectivity index is 1.35. The summed E-state index contributed by atoms with van der Waals surface area (Å²) in [7, 11) is 0. The standard InChI is InChI=1S/C28H27N3O6S2/c1-3-36-27(34)22-18-11-7-8-12-19(18)38-25(22)30-20(32)13-31-15-29-24-21(26(31)33)16(2)23(39-24)28(35)37-14-17-9-5-4-6-10-17/h4-6,9-10,15H,3,7-8,11-14H2,1-2H3,(H,30,32). The molecule has 1 aliphatic rings. The molecule has 0 atom stereocenters. The van der Waals surface area contributed by atoms with Crippen molar-refractivity contribution in [2.45, 2.75) is 52.7 Å². The number of aromatic nitrogens is 2. The third-order valence-electron chi connectivity index (χ3n) is 6.53. The Labute approximate surface area is 232 Å². The molecule has 202 valence electrons. The van der Waals surface area contributed by atoms with Crippen molar-refractivity contribution in [3.8, 4) is 0 Å². The van der Waals surface area contributed by atoms with Gasteiger partial charge in [-0.05, 0) is 56.2 Å². The van der Waals surface area contributed by atoms with Crippen molar-refractivity contribution in [2.75, 3.05) is 11.9 Å². The third-order valence-corrected chi connectivity index (χ3v) is 8.92. The molecule has 0 saturated carbocycles. The van der Waals surface area contributed by atoms with E-state index in [2.05, 4.69) is 10.3 Å². The fourth-order valence-electron chi connectivity index (χ4n) is 4.65. The number of hydrogen-bond acceptors (Lipinski definition) is 9. The topological polar surface area (TPSA) is 117 Å². The summed E-state index contributed by atoms with van der Waals surface area (Å²) >= 11 is 2.48. The first kappa shape index (κ1) is 26.8. The second kappa shape index (κ2) is 11.5. The van der Waals surface area contributed by atoms with Gasteiger partial charge in [0.15, 0.2) is 0 Å². The number of benzene rings is 1. The van der Waals surface area contributed by atoms with Crippen LogP contribution in [0.25, 0.3) is 10.2 Å². The number of nitrogens with zero attached hydrogens (tertiary/aromatic N) is 2. The van der Waals surface area contributed by atoms with Crippen LogP contribution in [0.1, 0.15) is 61.4 Å². The minimum absolute atomic E-state index is 0.116. The normalized spacial score (nSPS) is 12.7. The molecule has 0 radical (unpaired) electrons. The van der Waals surface area contributed by atoms with Gasteiger partial charge < -0.3 is 14.8 Å². The van der Waals surface area contributed by atoms with Gasteiger partial charge in [-0.1, -0.05) is 30.3 Å². The molecule has 5 rings (SSSR count). The molecule has 1 aliphatic carbocycles. The van der Waals surface area contributed by atoms with Crippen LogP contribution in [-0.2, 0) is 40.3 Å². The van der Waals surface area contributed by atoms with Crippen LogP contribution in [0.3, 0.4) is 0 Å². The van der Waals surface area contributed by atoms with Gasteiger partial charge in [0.25, 0.3) is 5.56 Å². The largest absolute Gasteiger partial charge is 0.462 e.